The third kappa shape index (κ3) is 3.46. The summed E-state index contributed by atoms with van der Waals surface area (Å²) in [5, 5.41) is 3.77. The maximum Gasteiger partial charge on any atom is 0.0327 e. The fourth-order valence-corrected chi connectivity index (χ4v) is 2.90. The van der Waals surface area contributed by atoms with Crippen LogP contribution >= 0.6 is 0 Å². The summed E-state index contributed by atoms with van der Waals surface area (Å²) < 4.78 is 0. The zero-order valence-electron chi connectivity index (χ0n) is 11.7. The number of nitrogens with zero attached hydrogens (tertiary/aromatic N) is 1. The normalized spacial score (nSPS) is 20.6. The summed E-state index contributed by atoms with van der Waals surface area (Å²) in [6.45, 7) is 5.74. The summed E-state index contributed by atoms with van der Waals surface area (Å²) >= 11 is 0. The first-order chi connectivity index (χ1) is 7.64. The van der Waals surface area contributed by atoms with E-state index in [1.807, 2.05) is 0 Å². The molecule has 0 aromatic carbocycles. The van der Waals surface area contributed by atoms with Crippen LogP contribution in [-0.2, 0) is 0 Å². The van der Waals surface area contributed by atoms with Gasteiger partial charge in [-0.1, -0.05) is 33.1 Å². The highest BCUT2D eigenvalue weighted by atomic mass is 15.2. The van der Waals surface area contributed by atoms with Gasteiger partial charge in [-0.3, -0.25) is 0 Å². The van der Waals surface area contributed by atoms with Crippen molar-refractivity contribution in [2.45, 2.75) is 70.4 Å². The van der Waals surface area contributed by atoms with Crippen LogP contribution in [0.5, 0.6) is 0 Å². The van der Waals surface area contributed by atoms with E-state index >= 15 is 0 Å². The summed E-state index contributed by atoms with van der Waals surface area (Å²) in [7, 11) is 4.50. The molecule has 1 aliphatic carbocycles. The average molecular weight is 226 g/mol. The minimum absolute atomic E-state index is 0.431. The highest BCUT2D eigenvalue weighted by Crippen LogP contribution is 2.31. The Morgan fingerprint density at radius 2 is 1.62 bits per heavy atom. The number of hydrogen-bond donors (Lipinski definition) is 1. The van der Waals surface area contributed by atoms with Crippen molar-refractivity contribution in [2.75, 3.05) is 20.6 Å². The molecule has 0 heterocycles. The molecule has 0 amide bonds. The Hall–Kier alpha value is -0.0800. The van der Waals surface area contributed by atoms with E-state index in [0.717, 1.165) is 0 Å². The first-order valence-corrected chi connectivity index (χ1v) is 7.05. The van der Waals surface area contributed by atoms with E-state index in [2.05, 4.69) is 38.2 Å². The molecule has 1 aliphatic rings. The molecule has 0 saturated heterocycles. The molecule has 0 spiro atoms. The lowest BCUT2D eigenvalue weighted by Gasteiger charge is -2.44. The van der Waals surface area contributed by atoms with E-state index in [9.17, 15) is 0 Å². The molecule has 0 aliphatic heterocycles. The van der Waals surface area contributed by atoms with E-state index in [0.29, 0.717) is 11.6 Å². The Morgan fingerprint density at radius 1 is 1.06 bits per heavy atom. The molecular weight excluding hydrogens is 196 g/mol. The zero-order valence-corrected chi connectivity index (χ0v) is 11.7. The minimum atomic E-state index is 0.431. The van der Waals surface area contributed by atoms with Crippen molar-refractivity contribution in [1.82, 2.24) is 10.2 Å². The molecule has 1 saturated carbocycles. The molecule has 0 aromatic rings. The van der Waals surface area contributed by atoms with Crippen molar-refractivity contribution in [3.05, 3.63) is 0 Å². The Morgan fingerprint density at radius 3 is 2.06 bits per heavy atom. The van der Waals surface area contributed by atoms with Gasteiger partial charge in [-0.15, -0.1) is 0 Å². The number of nitrogens with one attached hydrogen (secondary N) is 1. The summed E-state index contributed by atoms with van der Waals surface area (Å²) in [6.07, 6.45) is 9.48. The third-order valence-corrected chi connectivity index (χ3v) is 4.44. The van der Waals surface area contributed by atoms with Crippen LogP contribution in [0.4, 0.5) is 0 Å². The molecule has 0 bridgehead atoms. The van der Waals surface area contributed by atoms with Crippen molar-refractivity contribution in [1.29, 1.82) is 0 Å². The van der Waals surface area contributed by atoms with Gasteiger partial charge in [-0.25, -0.2) is 0 Å². The quantitative estimate of drug-likeness (QED) is 0.749. The van der Waals surface area contributed by atoms with E-state index in [-0.39, 0.29) is 0 Å². The molecule has 1 N–H and O–H groups in total. The van der Waals surface area contributed by atoms with E-state index in [1.54, 1.807) is 0 Å². The van der Waals surface area contributed by atoms with Gasteiger partial charge in [0.1, 0.15) is 0 Å². The maximum atomic E-state index is 3.77. The van der Waals surface area contributed by atoms with Crippen LogP contribution < -0.4 is 5.32 Å². The lowest BCUT2D eigenvalue weighted by molar-refractivity contribution is 0.0947. The van der Waals surface area contributed by atoms with Crippen molar-refractivity contribution < 1.29 is 0 Å². The highest BCUT2D eigenvalue weighted by Gasteiger charge is 2.34. The molecule has 2 heteroatoms. The summed E-state index contributed by atoms with van der Waals surface area (Å²) in [4.78, 5) is 2.46. The van der Waals surface area contributed by atoms with Gasteiger partial charge in [0, 0.05) is 18.1 Å². The zero-order chi connectivity index (χ0) is 12.0. The fourth-order valence-electron chi connectivity index (χ4n) is 2.90. The van der Waals surface area contributed by atoms with Gasteiger partial charge in [0.05, 0.1) is 0 Å². The fraction of sp³-hybridized carbons (Fsp3) is 1.00. The monoisotopic (exact) mass is 226 g/mol. The molecule has 0 aromatic heterocycles. The van der Waals surface area contributed by atoms with Crippen LogP contribution in [0.15, 0.2) is 0 Å². The predicted octanol–water partition coefficient (Wildman–Crippen LogP) is 3.03. The van der Waals surface area contributed by atoms with E-state index in [4.69, 9.17) is 0 Å². The summed E-state index contributed by atoms with van der Waals surface area (Å²) in [5.41, 5.74) is 0.431. The van der Waals surface area contributed by atoms with Crippen molar-refractivity contribution in [3.8, 4) is 0 Å². The molecule has 2 nitrogen and oxygen atoms in total. The van der Waals surface area contributed by atoms with Crippen LogP contribution in [0.3, 0.4) is 0 Å². The summed E-state index contributed by atoms with van der Waals surface area (Å²) in [5.74, 6) is 0. The van der Waals surface area contributed by atoms with E-state index < -0.39 is 0 Å². The second kappa shape index (κ2) is 6.61. The van der Waals surface area contributed by atoms with Gasteiger partial charge in [0.25, 0.3) is 0 Å². The number of likely N-dealkylation sites (N-methyl/N-ethyl adjacent to an activating group) is 1. The molecule has 1 fully saturated rings. The second-order valence-electron chi connectivity index (χ2n) is 5.57. The first-order valence-electron chi connectivity index (χ1n) is 7.05. The standard InChI is InChI=1S/C14H30N2/c1-5-13(6-2)15-12-14(16(3)4)10-8-7-9-11-14/h13,15H,5-12H2,1-4H3. The van der Waals surface area contributed by atoms with E-state index in [1.165, 1.54) is 51.5 Å². The topological polar surface area (TPSA) is 15.3 Å². The van der Waals surface area contributed by atoms with Gasteiger partial charge in [0.2, 0.25) is 0 Å². The van der Waals surface area contributed by atoms with Gasteiger partial charge in [-0.2, -0.15) is 0 Å². The Kier molecular flexibility index (Phi) is 5.77. The van der Waals surface area contributed by atoms with Crippen LogP contribution in [-0.4, -0.2) is 37.1 Å². The predicted molar refractivity (Wildman–Crippen MR) is 71.9 cm³/mol. The lowest BCUT2D eigenvalue weighted by Crippen LogP contribution is -2.54. The van der Waals surface area contributed by atoms with Gasteiger partial charge >= 0.3 is 0 Å². The highest BCUT2D eigenvalue weighted by molar-refractivity contribution is 4.93. The Balaban J connectivity index is 2.50. The average Bonchev–Trinajstić information content (AvgIpc) is 2.31. The van der Waals surface area contributed by atoms with Crippen LogP contribution in [0, 0.1) is 0 Å². The minimum Gasteiger partial charge on any atom is -0.312 e. The maximum absolute atomic E-state index is 3.77. The van der Waals surface area contributed by atoms with Gasteiger partial charge in [-0.05, 0) is 39.8 Å². The SMILES string of the molecule is CCC(CC)NCC1(N(C)C)CCCCC1. The lowest BCUT2D eigenvalue weighted by atomic mass is 9.80. The third-order valence-electron chi connectivity index (χ3n) is 4.44. The van der Waals surface area contributed by atoms with Gasteiger partial charge in [0.15, 0.2) is 0 Å². The molecule has 0 atom stereocenters. The van der Waals surface area contributed by atoms with Crippen LogP contribution in [0.25, 0.3) is 0 Å². The van der Waals surface area contributed by atoms with Crippen molar-refractivity contribution >= 4 is 0 Å². The molecule has 1 rings (SSSR count). The number of rotatable bonds is 6. The van der Waals surface area contributed by atoms with Crippen LogP contribution in [0.1, 0.15) is 58.8 Å². The second-order valence-corrected chi connectivity index (χ2v) is 5.57. The number of hydrogen-bond acceptors (Lipinski definition) is 2. The summed E-state index contributed by atoms with van der Waals surface area (Å²) in [6, 6.07) is 0.707. The smallest absolute Gasteiger partial charge is 0.0327 e. The molecule has 0 unspecified atom stereocenters. The van der Waals surface area contributed by atoms with Crippen LogP contribution in [0.2, 0.25) is 0 Å². The Bertz CT molecular complexity index is 179. The molecular formula is C14H30N2. The Labute approximate surface area is 102 Å². The van der Waals surface area contributed by atoms with Gasteiger partial charge < -0.3 is 10.2 Å². The molecule has 16 heavy (non-hydrogen) atoms. The first kappa shape index (κ1) is 14.0. The van der Waals surface area contributed by atoms with Crippen molar-refractivity contribution in [2.24, 2.45) is 0 Å². The molecule has 96 valence electrons. The van der Waals surface area contributed by atoms with Crippen molar-refractivity contribution in [3.63, 3.8) is 0 Å². The molecule has 0 radical (unpaired) electrons. The largest absolute Gasteiger partial charge is 0.312 e.